The van der Waals surface area contributed by atoms with Crippen LogP contribution >= 0.6 is 0 Å². The molecule has 2 saturated carbocycles. The lowest BCUT2D eigenvalue weighted by molar-refractivity contribution is -0.118. The summed E-state index contributed by atoms with van der Waals surface area (Å²) in [4.78, 5) is 11.6. The molecule has 2 fully saturated rings. The average Bonchev–Trinajstić information content (AvgIpc) is 2.41. The van der Waals surface area contributed by atoms with Crippen LogP contribution in [0.4, 0.5) is 0 Å². The SMILES string of the molecule is C=C(C)[C@H]1C[C@@H]2CC(=O)C[C@]2(C)[C@@H](C)C1. The first-order valence-corrected chi connectivity index (χ1v) is 6.10. The first kappa shape index (κ1) is 10.9. The maximum atomic E-state index is 11.6. The summed E-state index contributed by atoms with van der Waals surface area (Å²) < 4.78 is 0. The Labute approximate surface area is 92.9 Å². The highest BCUT2D eigenvalue weighted by Crippen LogP contribution is 2.55. The van der Waals surface area contributed by atoms with Crippen LogP contribution in [0.25, 0.3) is 0 Å². The van der Waals surface area contributed by atoms with E-state index in [1.165, 1.54) is 18.4 Å². The topological polar surface area (TPSA) is 17.1 Å². The van der Waals surface area contributed by atoms with Gasteiger partial charge in [-0.1, -0.05) is 26.0 Å². The molecule has 0 spiro atoms. The summed E-state index contributed by atoms with van der Waals surface area (Å²) >= 11 is 0. The molecule has 1 nitrogen and oxygen atoms in total. The second-order valence-corrected chi connectivity index (χ2v) is 6.04. The average molecular weight is 206 g/mol. The second-order valence-electron chi connectivity index (χ2n) is 6.04. The zero-order valence-electron chi connectivity index (χ0n) is 10.2. The van der Waals surface area contributed by atoms with Crippen molar-refractivity contribution >= 4 is 5.78 Å². The molecule has 0 aliphatic heterocycles. The third-order valence-electron chi connectivity index (χ3n) is 5.01. The normalized spacial score (nSPS) is 45.3. The van der Waals surface area contributed by atoms with E-state index < -0.39 is 0 Å². The number of Topliss-reactive ketones (excluding diaryl/α,β-unsaturated/α-hetero) is 1. The minimum Gasteiger partial charge on any atom is -0.300 e. The largest absolute Gasteiger partial charge is 0.300 e. The van der Waals surface area contributed by atoms with E-state index in [4.69, 9.17) is 0 Å². The third-order valence-corrected chi connectivity index (χ3v) is 5.01. The first-order chi connectivity index (χ1) is 6.93. The van der Waals surface area contributed by atoms with Crippen molar-refractivity contribution in [2.45, 2.75) is 46.5 Å². The molecule has 1 heteroatoms. The highest BCUT2D eigenvalue weighted by atomic mass is 16.1. The Morgan fingerprint density at radius 3 is 2.73 bits per heavy atom. The molecular weight excluding hydrogens is 184 g/mol. The van der Waals surface area contributed by atoms with E-state index in [2.05, 4.69) is 27.4 Å². The summed E-state index contributed by atoms with van der Waals surface area (Å²) in [5.41, 5.74) is 1.60. The van der Waals surface area contributed by atoms with E-state index in [1.54, 1.807) is 0 Å². The molecule has 0 radical (unpaired) electrons. The van der Waals surface area contributed by atoms with Gasteiger partial charge in [-0.05, 0) is 42.9 Å². The highest BCUT2D eigenvalue weighted by molar-refractivity contribution is 5.82. The molecule has 0 N–H and O–H groups in total. The number of hydrogen-bond acceptors (Lipinski definition) is 1. The Kier molecular flexibility index (Phi) is 2.52. The van der Waals surface area contributed by atoms with Gasteiger partial charge in [-0.3, -0.25) is 4.79 Å². The van der Waals surface area contributed by atoms with E-state index in [-0.39, 0.29) is 0 Å². The van der Waals surface area contributed by atoms with Crippen LogP contribution in [0.15, 0.2) is 12.2 Å². The van der Waals surface area contributed by atoms with Crippen LogP contribution < -0.4 is 0 Å². The predicted molar refractivity (Wildman–Crippen MR) is 62.5 cm³/mol. The van der Waals surface area contributed by atoms with Crippen LogP contribution in [-0.2, 0) is 4.79 Å². The Morgan fingerprint density at radius 1 is 1.47 bits per heavy atom. The molecule has 15 heavy (non-hydrogen) atoms. The van der Waals surface area contributed by atoms with Gasteiger partial charge in [-0.2, -0.15) is 0 Å². The van der Waals surface area contributed by atoms with Crippen molar-refractivity contribution in [3.8, 4) is 0 Å². The van der Waals surface area contributed by atoms with E-state index in [0.29, 0.717) is 29.0 Å². The van der Waals surface area contributed by atoms with Crippen LogP contribution in [0.3, 0.4) is 0 Å². The number of allylic oxidation sites excluding steroid dienone is 1. The van der Waals surface area contributed by atoms with Gasteiger partial charge in [0.05, 0.1) is 0 Å². The van der Waals surface area contributed by atoms with Gasteiger partial charge in [0.15, 0.2) is 0 Å². The zero-order valence-corrected chi connectivity index (χ0v) is 10.2. The summed E-state index contributed by atoms with van der Waals surface area (Å²) in [6.45, 7) is 10.9. The lowest BCUT2D eigenvalue weighted by atomic mass is 9.59. The van der Waals surface area contributed by atoms with Crippen molar-refractivity contribution in [3.05, 3.63) is 12.2 Å². The molecule has 0 heterocycles. The number of ketones is 1. The molecule has 0 unspecified atom stereocenters. The fourth-order valence-corrected chi connectivity index (χ4v) is 3.62. The molecule has 0 aromatic carbocycles. The van der Waals surface area contributed by atoms with E-state index in [1.807, 2.05) is 0 Å². The van der Waals surface area contributed by atoms with Gasteiger partial charge < -0.3 is 0 Å². The summed E-state index contributed by atoms with van der Waals surface area (Å²) in [7, 11) is 0. The van der Waals surface area contributed by atoms with Crippen molar-refractivity contribution in [3.63, 3.8) is 0 Å². The lowest BCUT2D eigenvalue weighted by Crippen LogP contribution is -2.37. The molecule has 84 valence electrons. The van der Waals surface area contributed by atoms with Gasteiger partial charge in [0.25, 0.3) is 0 Å². The monoisotopic (exact) mass is 206 g/mol. The Morgan fingerprint density at radius 2 is 2.13 bits per heavy atom. The van der Waals surface area contributed by atoms with Crippen molar-refractivity contribution in [2.75, 3.05) is 0 Å². The fraction of sp³-hybridized carbons (Fsp3) is 0.786. The molecule has 0 saturated heterocycles. The summed E-state index contributed by atoms with van der Waals surface area (Å²) in [6, 6.07) is 0. The predicted octanol–water partition coefficient (Wildman–Crippen LogP) is 3.59. The number of fused-ring (bicyclic) bond motifs is 1. The molecule has 0 aromatic heterocycles. The minimum absolute atomic E-state index is 0.295. The van der Waals surface area contributed by atoms with Crippen molar-refractivity contribution in [1.29, 1.82) is 0 Å². The summed E-state index contributed by atoms with van der Waals surface area (Å²) in [6.07, 6.45) is 4.07. The van der Waals surface area contributed by atoms with Gasteiger partial charge in [-0.25, -0.2) is 0 Å². The van der Waals surface area contributed by atoms with E-state index in [9.17, 15) is 4.79 Å². The highest BCUT2D eigenvalue weighted by Gasteiger charge is 2.50. The van der Waals surface area contributed by atoms with Gasteiger partial charge in [0, 0.05) is 12.8 Å². The van der Waals surface area contributed by atoms with Crippen LogP contribution in [0.2, 0.25) is 0 Å². The van der Waals surface area contributed by atoms with Gasteiger partial charge in [0.2, 0.25) is 0 Å². The Balaban J connectivity index is 2.21. The number of hydrogen-bond donors (Lipinski definition) is 0. The maximum absolute atomic E-state index is 11.6. The number of carbonyl (C=O) groups excluding carboxylic acids is 1. The smallest absolute Gasteiger partial charge is 0.133 e. The van der Waals surface area contributed by atoms with Crippen LogP contribution in [0.1, 0.15) is 46.5 Å². The fourth-order valence-electron chi connectivity index (χ4n) is 3.62. The number of carbonyl (C=O) groups is 1. The Bertz CT molecular complexity index is 304. The minimum atomic E-state index is 0.295. The quantitative estimate of drug-likeness (QED) is 0.599. The van der Waals surface area contributed by atoms with Crippen LogP contribution in [0.5, 0.6) is 0 Å². The van der Waals surface area contributed by atoms with Gasteiger partial charge in [-0.15, -0.1) is 0 Å². The standard InChI is InChI=1S/C14H22O/c1-9(2)11-5-10(3)14(4)8-13(15)7-12(14)6-11/h10-12H,1,5-8H2,2-4H3/t10-,11+,12+,14+/m0/s1. The van der Waals surface area contributed by atoms with Crippen LogP contribution in [0, 0.1) is 23.2 Å². The first-order valence-electron chi connectivity index (χ1n) is 6.10. The molecule has 2 aliphatic rings. The van der Waals surface area contributed by atoms with E-state index >= 15 is 0 Å². The van der Waals surface area contributed by atoms with Crippen LogP contribution in [-0.4, -0.2) is 5.78 Å². The van der Waals surface area contributed by atoms with E-state index in [0.717, 1.165) is 12.8 Å². The van der Waals surface area contributed by atoms with Crippen molar-refractivity contribution in [1.82, 2.24) is 0 Å². The lowest BCUT2D eigenvalue weighted by Gasteiger charge is -2.45. The van der Waals surface area contributed by atoms with Crippen molar-refractivity contribution in [2.24, 2.45) is 23.2 Å². The zero-order chi connectivity index (χ0) is 11.2. The molecule has 4 atom stereocenters. The molecule has 2 aliphatic carbocycles. The Hall–Kier alpha value is -0.590. The molecule has 0 bridgehead atoms. The molecule has 0 amide bonds. The molecule has 2 rings (SSSR count). The molecular formula is C14H22O. The van der Waals surface area contributed by atoms with Gasteiger partial charge >= 0.3 is 0 Å². The number of rotatable bonds is 1. The van der Waals surface area contributed by atoms with Crippen molar-refractivity contribution < 1.29 is 4.79 Å². The second kappa shape index (κ2) is 3.47. The molecule has 0 aromatic rings. The maximum Gasteiger partial charge on any atom is 0.133 e. The summed E-state index contributed by atoms with van der Waals surface area (Å²) in [5.74, 6) is 2.43. The third kappa shape index (κ3) is 1.66. The summed E-state index contributed by atoms with van der Waals surface area (Å²) in [5, 5.41) is 0. The van der Waals surface area contributed by atoms with Gasteiger partial charge in [0.1, 0.15) is 5.78 Å².